The molecule has 25 heavy (non-hydrogen) atoms. The van der Waals surface area contributed by atoms with E-state index >= 15 is 0 Å². The number of carbonyl (C=O) groups excluding carboxylic acids is 2. The summed E-state index contributed by atoms with van der Waals surface area (Å²) in [4.78, 5) is 24.9. The topological polar surface area (TPSA) is 84.0 Å². The van der Waals surface area contributed by atoms with E-state index in [0.717, 1.165) is 10.1 Å². The van der Waals surface area contributed by atoms with E-state index in [9.17, 15) is 9.59 Å². The van der Waals surface area contributed by atoms with Crippen molar-refractivity contribution >= 4 is 51.6 Å². The number of halogens is 1. The van der Waals surface area contributed by atoms with Gasteiger partial charge in [-0.25, -0.2) is 0 Å². The lowest BCUT2D eigenvalue weighted by Crippen LogP contribution is -2.47. The Morgan fingerprint density at radius 3 is 2.52 bits per heavy atom. The summed E-state index contributed by atoms with van der Waals surface area (Å²) < 4.78 is 0.795. The second-order valence-corrected chi connectivity index (χ2v) is 8.42. The molecule has 0 fully saturated rings. The molecule has 1 aromatic carbocycles. The third-order valence-electron chi connectivity index (χ3n) is 3.25. The lowest BCUT2D eigenvalue weighted by molar-refractivity contribution is -0.118. The average molecular weight is 399 g/mol. The summed E-state index contributed by atoms with van der Waals surface area (Å²) in [5, 5.41) is 14.4. The van der Waals surface area contributed by atoms with Crippen LogP contribution in [0, 0.1) is 5.92 Å². The molecule has 0 aliphatic rings. The number of benzene rings is 1. The Labute approximate surface area is 159 Å². The predicted molar refractivity (Wildman–Crippen MR) is 102 cm³/mol. The highest BCUT2D eigenvalue weighted by Gasteiger charge is 2.25. The van der Waals surface area contributed by atoms with Crippen LogP contribution in [-0.4, -0.2) is 33.8 Å². The average Bonchev–Trinajstić information content (AvgIpc) is 3.00. The first-order chi connectivity index (χ1) is 11.9. The molecule has 0 spiro atoms. The first kappa shape index (κ1) is 19.7. The quantitative estimate of drug-likeness (QED) is 0.548. The molecule has 0 radical (unpaired) electrons. The molecule has 0 unspecified atom stereocenters. The molecule has 0 aliphatic carbocycles. The molecule has 2 aromatic rings. The van der Waals surface area contributed by atoms with Crippen LogP contribution < -0.4 is 10.6 Å². The standard InChI is InChI=1S/C16H19ClN4O2S2/c1-4-24-16-21-20-15(25-16)19-14(23)12(9(2)3)18-13(22)10-5-7-11(17)8-6-10/h5-9,12H,4H2,1-3H3,(H,18,22)(H,19,20,23)/t12-/m1/s1. The first-order valence-electron chi connectivity index (χ1n) is 7.74. The number of carbonyl (C=O) groups is 2. The molecule has 0 bridgehead atoms. The van der Waals surface area contributed by atoms with Crippen molar-refractivity contribution in [3.63, 3.8) is 0 Å². The Bertz CT molecular complexity index is 734. The van der Waals surface area contributed by atoms with Crippen LogP contribution in [0.5, 0.6) is 0 Å². The molecular weight excluding hydrogens is 380 g/mol. The smallest absolute Gasteiger partial charge is 0.251 e. The normalized spacial score (nSPS) is 12.0. The van der Waals surface area contributed by atoms with E-state index < -0.39 is 6.04 Å². The summed E-state index contributed by atoms with van der Waals surface area (Å²) in [5.74, 6) is 0.147. The molecule has 6 nitrogen and oxygen atoms in total. The Kier molecular flexibility index (Phi) is 7.22. The number of aromatic nitrogens is 2. The second-order valence-electron chi connectivity index (χ2n) is 5.50. The molecule has 0 aliphatic heterocycles. The third kappa shape index (κ3) is 5.69. The summed E-state index contributed by atoms with van der Waals surface area (Å²) in [6, 6.07) is 5.82. The number of anilines is 1. The van der Waals surface area contributed by atoms with Crippen molar-refractivity contribution in [1.29, 1.82) is 0 Å². The fourth-order valence-electron chi connectivity index (χ4n) is 1.99. The number of nitrogens with zero attached hydrogens (tertiary/aromatic N) is 2. The van der Waals surface area contributed by atoms with Gasteiger partial charge in [0.1, 0.15) is 6.04 Å². The van der Waals surface area contributed by atoms with Crippen LogP contribution in [0.1, 0.15) is 31.1 Å². The number of hydrogen-bond acceptors (Lipinski definition) is 6. The predicted octanol–water partition coefficient (Wildman–Crippen LogP) is 3.70. The van der Waals surface area contributed by atoms with E-state index in [1.807, 2.05) is 20.8 Å². The van der Waals surface area contributed by atoms with Crippen LogP contribution in [-0.2, 0) is 4.79 Å². The molecule has 1 heterocycles. The van der Waals surface area contributed by atoms with Gasteiger partial charge in [-0.05, 0) is 35.9 Å². The van der Waals surface area contributed by atoms with E-state index in [0.29, 0.717) is 15.7 Å². The highest BCUT2D eigenvalue weighted by molar-refractivity contribution is 8.01. The Hall–Kier alpha value is -1.64. The number of thioether (sulfide) groups is 1. The SMILES string of the molecule is CCSc1nnc(NC(=O)[C@H](NC(=O)c2ccc(Cl)cc2)C(C)C)s1. The molecule has 134 valence electrons. The third-order valence-corrected chi connectivity index (χ3v) is 5.35. The highest BCUT2D eigenvalue weighted by Crippen LogP contribution is 2.25. The van der Waals surface area contributed by atoms with Gasteiger partial charge in [0.05, 0.1) is 0 Å². The Balaban J connectivity index is 2.04. The zero-order chi connectivity index (χ0) is 18.4. The summed E-state index contributed by atoms with van der Waals surface area (Å²) >= 11 is 8.70. The number of nitrogens with one attached hydrogen (secondary N) is 2. The lowest BCUT2D eigenvalue weighted by Gasteiger charge is -2.21. The van der Waals surface area contributed by atoms with Crippen molar-refractivity contribution in [2.24, 2.45) is 5.92 Å². The fraction of sp³-hybridized carbons (Fsp3) is 0.375. The minimum Gasteiger partial charge on any atom is -0.340 e. The van der Waals surface area contributed by atoms with Crippen molar-refractivity contribution < 1.29 is 9.59 Å². The summed E-state index contributed by atoms with van der Waals surface area (Å²) in [6.07, 6.45) is 0. The molecule has 1 aromatic heterocycles. The molecule has 9 heteroatoms. The molecule has 0 saturated heterocycles. The van der Waals surface area contributed by atoms with Gasteiger partial charge in [-0.1, -0.05) is 55.5 Å². The van der Waals surface area contributed by atoms with Gasteiger partial charge in [-0.15, -0.1) is 10.2 Å². The zero-order valence-corrected chi connectivity index (χ0v) is 16.5. The van der Waals surface area contributed by atoms with Crippen LogP contribution in [0.3, 0.4) is 0 Å². The number of hydrogen-bond donors (Lipinski definition) is 2. The molecule has 2 N–H and O–H groups in total. The van der Waals surface area contributed by atoms with Gasteiger partial charge in [0.25, 0.3) is 5.91 Å². The molecule has 1 atom stereocenters. The van der Waals surface area contributed by atoms with Crippen LogP contribution in [0.15, 0.2) is 28.6 Å². The zero-order valence-electron chi connectivity index (χ0n) is 14.1. The van der Waals surface area contributed by atoms with E-state index in [4.69, 9.17) is 11.6 Å². The van der Waals surface area contributed by atoms with Gasteiger partial charge in [0, 0.05) is 10.6 Å². The van der Waals surface area contributed by atoms with Crippen LogP contribution in [0.25, 0.3) is 0 Å². The lowest BCUT2D eigenvalue weighted by atomic mass is 10.0. The fourth-order valence-corrected chi connectivity index (χ4v) is 3.76. The summed E-state index contributed by atoms with van der Waals surface area (Å²) in [5.41, 5.74) is 0.445. The van der Waals surface area contributed by atoms with Crippen molar-refractivity contribution in [1.82, 2.24) is 15.5 Å². The van der Waals surface area contributed by atoms with Crippen LogP contribution in [0.4, 0.5) is 5.13 Å². The maximum Gasteiger partial charge on any atom is 0.251 e. The molecule has 2 rings (SSSR count). The van der Waals surface area contributed by atoms with Crippen molar-refractivity contribution in [3.05, 3.63) is 34.9 Å². The van der Waals surface area contributed by atoms with Crippen molar-refractivity contribution in [2.45, 2.75) is 31.2 Å². The first-order valence-corrected chi connectivity index (χ1v) is 9.92. The van der Waals surface area contributed by atoms with Gasteiger partial charge in [-0.3, -0.25) is 14.9 Å². The molecular formula is C16H19ClN4O2S2. The molecule has 0 saturated carbocycles. The monoisotopic (exact) mass is 398 g/mol. The highest BCUT2D eigenvalue weighted by atomic mass is 35.5. The van der Waals surface area contributed by atoms with E-state index in [2.05, 4.69) is 20.8 Å². The van der Waals surface area contributed by atoms with Gasteiger partial charge in [-0.2, -0.15) is 0 Å². The Morgan fingerprint density at radius 1 is 1.24 bits per heavy atom. The van der Waals surface area contributed by atoms with Gasteiger partial charge in [0.2, 0.25) is 11.0 Å². The van der Waals surface area contributed by atoms with Crippen molar-refractivity contribution in [2.75, 3.05) is 11.1 Å². The maximum absolute atomic E-state index is 12.5. The minimum atomic E-state index is -0.686. The summed E-state index contributed by atoms with van der Waals surface area (Å²) in [7, 11) is 0. The minimum absolute atomic E-state index is 0.0892. The molecule has 2 amide bonds. The number of rotatable bonds is 7. The van der Waals surface area contributed by atoms with E-state index in [1.54, 1.807) is 36.0 Å². The van der Waals surface area contributed by atoms with Crippen LogP contribution >= 0.6 is 34.7 Å². The largest absolute Gasteiger partial charge is 0.340 e. The maximum atomic E-state index is 12.5. The van der Waals surface area contributed by atoms with Crippen LogP contribution in [0.2, 0.25) is 5.02 Å². The van der Waals surface area contributed by atoms with Gasteiger partial charge in [0.15, 0.2) is 4.34 Å². The Morgan fingerprint density at radius 2 is 1.92 bits per heavy atom. The van der Waals surface area contributed by atoms with Gasteiger partial charge < -0.3 is 5.32 Å². The van der Waals surface area contributed by atoms with E-state index in [-0.39, 0.29) is 17.7 Å². The van der Waals surface area contributed by atoms with E-state index in [1.165, 1.54) is 11.3 Å². The second kappa shape index (κ2) is 9.17. The summed E-state index contributed by atoms with van der Waals surface area (Å²) in [6.45, 7) is 5.75. The van der Waals surface area contributed by atoms with Gasteiger partial charge >= 0.3 is 0 Å². The van der Waals surface area contributed by atoms with Crippen molar-refractivity contribution in [3.8, 4) is 0 Å². The number of amides is 2.